The van der Waals surface area contributed by atoms with Crippen molar-refractivity contribution in [1.82, 2.24) is 5.32 Å². The molecule has 0 bridgehead atoms. The molecular formula is C17H22N2O. The van der Waals surface area contributed by atoms with E-state index in [2.05, 4.69) is 47.5 Å². The van der Waals surface area contributed by atoms with Crippen LogP contribution in [0, 0.1) is 0 Å². The van der Waals surface area contributed by atoms with E-state index in [9.17, 15) is 0 Å². The molecular weight excluding hydrogens is 248 g/mol. The molecule has 2 aromatic carbocycles. The lowest BCUT2D eigenvalue weighted by Gasteiger charge is -2.22. The molecule has 0 aliphatic carbocycles. The summed E-state index contributed by atoms with van der Waals surface area (Å²) >= 11 is 0. The summed E-state index contributed by atoms with van der Waals surface area (Å²) in [6.07, 6.45) is 0. The molecule has 2 aromatic rings. The molecule has 3 heteroatoms. The first-order chi connectivity index (χ1) is 9.67. The maximum atomic E-state index is 5.42. The van der Waals surface area contributed by atoms with Crippen LogP contribution in [0.3, 0.4) is 0 Å². The maximum Gasteiger partial charge on any atom is 0.142 e. The molecule has 0 spiro atoms. The summed E-state index contributed by atoms with van der Waals surface area (Å²) in [7, 11) is 5.72. The molecule has 0 radical (unpaired) electrons. The van der Waals surface area contributed by atoms with Gasteiger partial charge in [0.25, 0.3) is 0 Å². The van der Waals surface area contributed by atoms with Gasteiger partial charge in [0.2, 0.25) is 0 Å². The zero-order valence-electron chi connectivity index (χ0n) is 12.6. The third kappa shape index (κ3) is 2.94. The average molecular weight is 270 g/mol. The molecule has 0 fully saturated rings. The lowest BCUT2D eigenvalue weighted by molar-refractivity contribution is 0.415. The van der Waals surface area contributed by atoms with E-state index in [-0.39, 0.29) is 0 Å². The number of ether oxygens (including phenoxy) is 1. The Hall–Kier alpha value is -2.00. The lowest BCUT2D eigenvalue weighted by atomic mass is 10.1. The van der Waals surface area contributed by atoms with Gasteiger partial charge in [0, 0.05) is 18.8 Å². The van der Waals surface area contributed by atoms with Gasteiger partial charge in [-0.05, 0) is 43.8 Å². The first kappa shape index (κ1) is 14.4. The topological polar surface area (TPSA) is 24.5 Å². The van der Waals surface area contributed by atoms with Gasteiger partial charge in [-0.2, -0.15) is 0 Å². The summed E-state index contributed by atoms with van der Waals surface area (Å²) in [5.41, 5.74) is 3.48. The van der Waals surface area contributed by atoms with Gasteiger partial charge in [0.05, 0.1) is 12.8 Å². The number of anilines is 2. The fourth-order valence-electron chi connectivity index (χ4n) is 2.20. The van der Waals surface area contributed by atoms with Gasteiger partial charge in [-0.15, -0.1) is 0 Å². The van der Waals surface area contributed by atoms with Crippen LogP contribution in [-0.4, -0.2) is 21.2 Å². The smallest absolute Gasteiger partial charge is 0.142 e. The van der Waals surface area contributed by atoms with E-state index in [1.807, 2.05) is 32.3 Å². The summed E-state index contributed by atoms with van der Waals surface area (Å²) < 4.78 is 5.42. The SMILES string of the molecule is CNC(C)c1ccc(N(C)c2ccccc2OC)cc1. The Balaban J connectivity index is 2.27. The van der Waals surface area contributed by atoms with Gasteiger partial charge < -0.3 is 15.0 Å². The van der Waals surface area contributed by atoms with Crippen LogP contribution in [0.1, 0.15) is 18.5 Å². The van der Waals surface area contributed by atoms with Gasteiger partial charge in [0.15, 0.2) is 0 Å². The van der Waals surface area contributed by atoms with Crippen LogP contribution in [0.5, 0.6) is 5.75 Å². The predicted molar refractivity (Wildman–Crippen MR) is 85.0 cm³/mol. The van der Waals surface area contributed by atoms with Crippen molar-refractivity contribution in [2.24, 2.45) is 0 Å². The molecule has 20 heavy (non-hydrogen) atoms. The maximum absolute atomic E-state index is 5.42. The van der Waals surface area contributed by atoms with Gasteiger partial charge in [-0.3, -0.25) is 0 Å². The van der Waals surface area contributed by atoms with Crippen molar-refractivity contribution in [2.75, 3.05) is 26.1 Å². The number of methoxy groups -OCH3 is 1. The zero-order valence-corrected chi connectivity index (χ0v) is 12.6. The highest BCUT2D eigenvalue weighted by Crippen LogP contribution is 2.32. The number of para-hydroxylation sites is 2. The molecule has 0 aromatic heterocycles. The van der Waals surface area contributed by atoms with Crippen LogP contribution in [0.4, 0.5) is 11.4 Å². The molecule has 0 heterocycles. The minimum atomic E-state index is 0.362. The summed E-state index contributed by atoms with van der Waals surface area (Å²) in [5, 5.41) is 3.25. The first-order valence-electron chi connectivity index (χ1n) is 6.81. The second-order valence-corrected chi connectivity index (χ2v) is 4.83. The number of nitrogens with one attached hydrogen (secondary N) is 1. The van der Waals surface area contributed by atoms with E-state index in [0.717, 1.165) is 17.1 Å². The molecule has 106 valence electrons. The zero-order chi connectivity index (χ0) is 14.5. The number of hydrogen-bond donors (Lipinski definition) is 1. The van der Waals surface area contributed by atoms with Crippen LogP contribution >= 0.6 is 0 Å². The van der Waals surface area contributed by atoms with Crippen molar-refractivity contribution in [3.63, 3.8) is 0 Å². The minimum absolute atomic E-state index is 0.362. The Kier molecular flexibility index (Phi) is 4.64. The monoisotopic (exact) mass is 270 g/mol. The van der Waals surface area contributed by atoms with Crippen LogP contribution in [-0.2, 0) is 0 Å². The second-order valence-electron chi connectivity index (χ2n) is 4.83. The standard InChI is InChI=1S/C17H22N2O/c1-13(18-2)14-9-11-15(12-10-14)19(3)16-7-5-6-8-17(16)20-4/h5-13,18H,1-4H3. The Bertz CT molecular complexity index is 551. The van der Waals surface area contributed by atoms with E-state index >= 15 is 0 Å². The largest absolute Gasteiger partial charge is 0.495 e. The number of hydrogen-bond acceptors (Lipinski definition) is 3. The van der Waals surface area contributed by atoms with Crippen molar-refractivity contribution in [2.45, 2.75) is 13.0 Å². The normalized spacial score (nSPS) is 12.0. The van der Waals surface area contributed by atoms with E-state index in [1.165, 1.54) is 5.56 Å². The van der Waals surface area contributed by atoms with Gasteiger partial charge in [-0.25, -0.2) is 0 Å². The Morgan fingerprint density at radius 3 is 2.30 bits per heavy atom. The quantitative estimate of drug-likeness (QED) is 0.895. The van der Waals surface area contributed by atoms with E-state index in [4.69, 9.17) is 4.74 Å². The van der Waals surface area contributed by atoms with Crippen LogP contribution in [0.25, 0.3) is 0 Å². The van der Waals surface area contributed by atoms with Crippen molar-refractivity contribution in [1.29, 1.82) is 0 Å². The summed E-state index contributed by atoms with van der Waals surface area (Å²) in [5.74, 6) is 0.877. The van der Waals surface area contributed by atoms with Crippen LogP contribution < -0.4 is 15.0 Å². The fraction of sp³-hybridized carbons (Fsp3) is 0.294. The molecule has 1 unspecified atom stereocenters. The molecule has 1 atom stereocenters. The first-order valence-corrected chi connectivity index (χ1v) is 6.81. The highest BCUT2D eigenvalue weighted by Gasteiger charge is 2.10. The minimum Gasteiger partial charge on any atom is -0.495 e. The van der Waals surface area contributed by atoms with Crippen molar-refractivity contribution >= 4 is 11.4 Å². The Morgan fingerprint density at radius 2 is 1.70 bits per heavy atom. The fourth-order valence-corrected chi connectivity index (χ4v) is 2.20. The number of nitrogens with zero attached hydrogens (tertiary/aromatic N) is 1. The Labute approximate surface area is 121 Å². The average Bonchev–Trinajstić information content (AvgIpc) is 2.53. The molecule has 0 saturated heterocycles. The molecule has 0 aliphatic heterocycles. The van der Waals surface area contributed by atoms with Crippen molar-refractivity contribution in [3.05, 3.63) is 54.1 Å². The van der Waals surface area contributed by atoms with Crippen molar-refractivity contribution < 1.29 is 4.74 Å². The van der Waals surface area contributed by atoms with Gasteiger partial charge in [0.1, 0.15) is 5.75 Å². The van der Waals surface area contributed by atoms with E-state index in [0.29, 0.717) is 6.04 Å². The highest BCUT2D eigenvalue weighted by molar-refractivity contribution is 5.68. The highest BCUT2D eigenvalue weighted by atomic mass is 16.5. The Morgan fingerprint density at radius 1 is 1.05 bits per heavy atom. The van der Waals surface area contributed by atoms with E-state index in [1.54, 1.807) is 7.11 Å². The summed E-state index contributed by atoms with van der Waals surface area (Å²) in [4.78, 5) is 2.13. The van der Waals surface area contributed by atoms with Crippen molar-refractivity contribution in [3.8, 4) is 5.75 Å². The van der Waals surface area contributed by atoms with Crippen LogP contribution in [0.2, 0.25) is 0 Å². The third-order valence-electron chi connectivity index (χ3n) is 3.66. The van der Waals surface area contributed by atoms with Crippen LogP contribution in [0.15, 0.2) is 48.5 Å². The molecule has 1 N–H and O–H groups in total. The number of rotatable bonds is 5. The molecule has 3 nitrogen and oxygen atoms in total. The molecule has 0 aliphatic rings. The summed E-state index contributed by atoms with van der Waals surface area (Å²) in [6.45, 7) is 2.15. The molecule has 2 rings (SSSR count). The van der Waals surface area contributed by atoms with Gasteiger partial charge >= 0.3 is 0 Å². The van der Waals surface area contributed by atoms with Gasteiger partial charge in [-0.1, -0.05) is 24.3 Å². The summed E-state index contributed by atoms with van der Waals surface area (Å²) in [6, 6.07) is 17.0. The molecule has 0 saturated carbocycles. The molecule has 0 amide bonds. The second kappa shape index (κ2) is 6.44. The predicted octanol–water partition coefficient (Wildman–Crippen LogP) is 3.74. The van der Waals surface area contributed by atoms with E-state index < -0.39 is 0 Å². The lowest BCUT2D eigenvalue weighted by Crippen LogP contribution is -2.13. The number of benzene rings is 2. The third-order valence-corrected chi connectivity index (χ3v) is 3.66.